The normalized spacial score (nSPS) is 12.7. The van der Waals surface area contributed by atoms with Crippen LogP contribution >= 0.6 is 0 Å². The van der Waals surface area contributed by atoms with Crippen LogP contribution in [0, 0.1) is 0 Å². The minimum atomic E-state index is -4.56. The molecule has 0 N–H and O–H groups in total. The van der Waals surface area contributed by atoms with Crippen LogP contribution < -0.4 is 0 Å². The Morgan fingerprint density at radius 3 is 1.92 bits per heavy atom. The van der Waals surface area contributed by atoms with Gasteiger partial charge in [-0.25, -0.2) is 0 Å². The molecule has 0 aromatic rings. The monoisotopic (exact) mass is 368 g/mol. The fourth-order valence-corrected chi connectivity index (χ4v) is 2.19. The molecule has 0 saturated heterocycles. The Morgan fingerprint density at radius 2 is 1.36 bits per heavy atom. The van der Waals surface area contributed by atoms with E-state index in [0.717, 1.165) is 26.2 Å². The summed E-state index contributed by atoms with van der Waals surface area (Å²) < 4.78 is 45.9. The van der Waals surface area contributed by atoms with Gasteiger partial charge in [0.1, 0.15) is 0 Å². The fraction of sp³-hybridized carbons (Fsp3) is 0.889. The van der Waals surface area contributed by atoms with E-state index in [1.165, 1.54) is 32.1 Å². The van der Waals surface area contributed by atoms with Crippen molar-refractivity contribution in [3.05, 3.63) is 0 Å². The Labute approximate surface area is 148 Å². The van der Waals surface area contributed by atoms with Gasteiger partial charge in [-0.05, 0) is 19.8 Å². The predicted molar refractivity (Wildman–Crippen MR) is 89.0 cm³/mol. The molecule has 0 aliphatic rings. The molecule has 1 unspecified atom stereocenters. The van der Waals surface area contributed by atoms with Crippen LogP contribution in [-0.4, -0.2) is 30.8 Å². The van der Waals surface area contributed by atoms with Crippen LogP contribution in [0.15, 0.2) is 0 Å². The lowest BCUT2D eigenvalue weighted by Gasteiger charge is -2.16. The lowest BCUT2D eigenvalue weighted by molar-refractivity contribution is -0.216. The molecule has 0 amide bonds. The van der Waals surface area contributed by atoms with Gasteiger partial charge in [-0.1, -0.05) is 51.9 Å². The largest absolute Gasteiger partial charge is 0.466 e. The van der Waals surface area contributed by atoms with E-state index >= 15 is 0 Å². The number of ether oxygens (including phenoxy) is 2. The van der Waals surface area contributed by atoms with Crippen molar-refractivity contribution < 1.29 is 32.2 Å². The molecule has 0 radical (unpaired) electrons. The summed E-state index contributed by atoms with van der Waals surface area (Å²) in [7, 11) is 0. The molecule has 0 aromatic heterocycles. The molecule has 7 heteroatoms. The van der Waals surface area contributed by atoms with Crippen molar-refractivity contribution in [1.82, 2.24) is 0 Å². The van der Waals surface area contributed by atoms with E-state index in [1.54, 1.807) is 0 Å². The van der Waals surface area contributed by atoms with E-state index < -0.39 is 24.2 Å². The first-order chi connectivity index (χ1) is 11.8. The second-order valence-electron chi connectivity index (χ2n) is 6.22. The highest BCUT2D eigenvalue weighted by Gasteiger charge is 2.38. The molecular weight excluding hydrogens is 337 g/mol. The maximum atomic E-state index is 12.2. The number of alkyl halides is 3. The van der Waals surface area contributed by atoms with E-state index in [-0.39, 0.29) is 19.3 Å². The fourth-order valence-electron chi connectivity index (χ4n) is 2.19. The Morgan fingerprint density at radius 1 is 0.840 bits per heavy atom. The first kappa shape index (κ1) is 23.7. The molecule has 0 aromatic carbocycles. The van der Waals surface area contributed by atoms with Gasteiger partial charge >= 0.3 is 18.1 Å². The second-order valence-corrected chi connectivity index (χ2v) is 6.22. The Bertz CT molecular complexity index is 370. The number of rotatable bonds is 14. The van der Waals surface area contributed by atoms with E-state index in [4.69, 9.17) is 4.74 Å². The molecule has 0 aliphatic heterocycles. The third kappa shape index (κ3) is 14.8. The van der Waals surface area contributed by atoms with Crippen LogP contribution in [0.2, 0.25) is 0 Å². The van der Waals surface area contributed by atoms with Crippen molar-refractivity contribution in [3.63, 3.8) is 0 Å². The summed E-state index contributed by atoms with van der Waals surface area (Å²) in [6, 6.07) is 0. The van der Waals surface area contributed by atoms with E-state index in [1.807, 2.05) is 0 Å². The molecule has 0 heterocycles. The smallest absolute Gasteiger partial charge is 0.425 e. The number of esters is 2. The molecular formula is C18H31F3O4. The Kier molecular flexibility index (Phi) is 13.2. The topological polar surface area (TPSA) is 52.6 Å². The van der Waals surface area contributed by atoms with Crippen LogP contribution in [0.25, 0.3) is 0 Å². The van der Waals surface area contributed by atoms with Crippen molar-refractivity contribution in [2.24, 2.45) is 0 Å². The first-order valence-corrected chi connectivity index (χ1v) is 9.19. The number of carbonyl (C=O) groups excluding carboxylic acids is 2. The van der Waals surface area contributed by atoms with Crippen LogP contribution in [0.4, 0.5) is 13.2 Å². The SMILES string of the molecule is CCCCCCCCCCOC(=O)CCCC(=O)OC(C)C(F)(F)F. The van der Waals surface area contributed by atoms with Crippen LogP contribution in [0.5, 0.6) is 0 Å². The summed E-state index contributed by atoms with van der Waals surface area (Å²) in [5.41, 5.74) is 0. The van der Waals surface area contributed by atoms with Gasteiger partial charge in [0.25, 0.3) is 0 Å². The number of carbonyl (C=O) groups is 2. The number of hydrogen-bond donors (Lipinski definition) is 0. The van der Waals surface area contributed by atoms with Gasteiger partial charge in [-0.15, -0.1) is 0 Å². The van der Waals surface area contributed by atoms with Gasteiger partial charge in [0.15, 0.2) is 6.10 Å². The van der Waals surface area contributed by atoms with E-state index in [2.05, 4.69) is 11.7 Å². The van der Waals surface area contributed by atoms with Crippen molar-refractivity contribution in [2.45, 2.75) is 96.8 Å². The zero-order valence-corrected chi connectivity index (χ0v) is 15.3. The van der Waals surface area contributed by atoms with Gasteiger partial charge in [0.05, 0.1) is 6.61 Å². The first-order valence-electron chi connectivity index (χ1n) is 9.19. The lowest BCUT2D eigenvalue weighted by atomic mass is 10.1. The van der Waals surface area contributed by atoms with E-state index in [9.17, 15) is 22.8 Å². The average Bonchev–Trinajstić information content (AvgIpc) is 2.52. The highest BCUT2D eigenvalue weighted by Crippen LogP contribution is 2.22. The Balaban J connectivity index is 3.51. The molecule has 4 nitrogen and oxygen atoms in total. The quantitative estimate of drug-likeness (QED) is 0.307. The summed E-state index contributed by atoms with van der Waals surface area (Å²) in [4.78, 5) is 22.7. The highest BCUT2D eigenvalue weighted by molar-refractivity contribution is 5.72. The third-order valence-corrected chi connectivity index (χ3v) is 3.79. The zero-order valence-electron chi connectivity index (χ0n) is 15.3. The molecule has 0 saturated carbocycles. The number of halogens is 3. The summed E-state index contributed by atoms with van der Waals surface area (Å²) in [6.07, 6.45) is 2.39. The molecule has 0 fully saturated rings. The average molecular weight is 368 g/mol. The van der Waals surface area contributed by atoms with Crippen molar-refractivity contribution in [1.29, 1.82) is 0 Å². The third-order valence-electron chi connectivity index (χ3n) is 3.79. The van der Waals surface area contributed by atoms with Gasteiger partial charge in [0.2, 0.25) is 0 Å². The van der Waals surface area contributed by atoms with Crippen molar-refractivity contribution in [2.75, 3.05) is 6.61 Å². The second kappa shape index (κ2) is 14.0. The minimum absolute atomic E-state index is 0.00646. The van der Waals surface area contributed by atoms with Gasteiger partial charge in [-0.2, -0.15) is 13.2 Å². The molecule has 1 atom stereocenters. The summed E-state index contributed by atoms with van der Waals surface area (Å²) in [5, 5.41) is 0. The van der Waals surface area contributed by atoms with Gasteiger partial charge in [-0.3, -0.25) is 9.59 Å². The van der Waals surface area contributed by atoms with Gasteiger partial charge in [0, 0.05) is 12.8 Å². The van der Waals surface area contributed by atoms with Crippen LogP contribution in [0.1, 0.15) is 84.5 Å². The molecule has 148 valence electrons. The molecule has 0 rings (SSSR count). The number of hydrogen-bond acceptors (Lipinski definition) is 4. The summed E-state index contributed by atoms with van der Waals surface area (Å²) in [5.74, 6) is -1.39. The molecule has 0 bridgehead atoms. The summed E-state index contributed by atoms with van der Waals surface area (Å²) in [6.45, 7) is 3.31. The minimum Gasteiger partial charge on any atom is -0.466 e. The van der Waals surface area contributed by atoms with Crippen molar-refractivity contribution in [3.8, 4) is 0 Å². The van der Waals surface area contributed by atoms with E-state index in [0.29, 0.717) is 6.61 Å². The van der Waals surface area contributed by atoms with Gasteiger partial charge < -0.3 is 9.47 Å². The molecule has 0 spiro atoms. The standard InChI is InChI=1S/C18H31F3O4/c1-3-4-5-6-7-8-9-10-14-24-16(22)12-11-13-17(23)25-15(2)18(19,20)21/h15H,3-14H2,1-2H3. The maximum absolute atomic E-state index is 12.2. The zero-order chi connectivity index (χ0) is 19.1. The highest BCUT2D eigenvalue weighted by atomic mass is 19.4. The Hall–Kier alpha value is -1.27. The lowest BCUT2D eigenvalue weighted by Crippen LogP contribution is -2.30. The van der Waals surface area contributed by atoms with Crippen LogP contribution in [0.3, 0.4) is 0 Å². The molecule has 0 aliphatic carbocycles. The summed E-state index contributed by atoms with van der Waals surface area (Å²) >= 11 is 0. The molecule has 25 heavy (non-hydrogen) atoms. The van der Waals surface area contributed by atoms with Crippen molar-refractivity contribution >= 4 is 11.9 Å². The number of unbranched alkanes of at least 4 members (excludes halogenated alkanes) is 7. The van der Waals surface area contributed by atoms with Crippen LogP contribution in [-0.2, 0) is 19.1 Å². The maximum Gasteiger partial charge on any atom is 0.425 e. The predicted octanol–water partition coefficient (Wildman–Crippen LogP) is 5.33.